The molecule has 1 aromatic carbocycles. The molecule has 0 saturated carbocycles. The van der Waals surface area contributed by atoms with E-state index in [9.17, 15) is 0 Å². The molecule has 2 rings (SSSR count). The number of para-hydroxylation sites is 1. The van der Waals surface area contributed by atoms with Crippen LogP contribution in [0.3, 0.4) is 0 Å². The van der Waals surface area contributed by atoms with Crippen molar-refractivity contribution in [1.29, 1.82) is 0 Å². The van der Waals surface area contributed by atoms with E-state index in [0.717, 1.165) is 0 Å². The third kappa shape index (κ3) is 5.11. The molecule has 24 heavy (non-hydrogen) atoms. The van der Waals surface area contributed by atoms with E-state index in [-0.39, 0.29) is 0 Å². The van der Waals surface area contributed by atoms with Crippen LogP contribution in [0.5, 0.6) is 0 Å². The van der Waals surface area contributed by atoms with Crippen molar-refractivity contribution < 1.29 is 0 Å². The zero-order valence-electron chi connectivity index (χ0n) is 15.8. The molecule has 1 aromatic heterocycles. The van der Waals surface area contributed by atoms with Crippen LogP contribution >= 0.6 is 0 Å². The van der Waals surface area contributed by atoms with E-state index in [1.165, 1.54) is 61.2 Å². The van der Waals surface area contributed by atoms with Crippen LogP contribution in [-0.4, -0.2) is 28.2 Å². The first kappa shape index (κ1) is 19.6. The van der Waals surface area contributed by atoms with Gasteiger partial charge in [-0.05, 0) is 0 Å². The SMILES string of the molecule is CCC[CH2][Sn]([CH2]CCC)([CH2]CCC)[c]1ccn(-c2ccccc2)n1. The van der Waals surface area contributed by atoms with Gasteiger partial charge in [0.2, 0.25) is 0 Å². The van der Waals surface area contributed by atoms with Crippen molar-refractivity contribution in [3.8, 4) is 5.69 Å². The molecule has 0 radical (unpaired) electrons. The molecule has 0 aliphatic carbocycles. The summed E-state index contributed by atoms with van der Waals surface area (Å²) in [5.74, 6) is 0. The van der Waals surface area contributed by atoms with Crippen LogP contribution in [0.2, 0.25) is 13.3 Å². The minimum atomic E-state index is -2.37. The summed E-state index contributed by atoms with van der Waals surface area (Å²) in [5, 5.41) is 5.12. The average Bonchev–Trinajstić information content (AvgIpc) is 3.13. The second-order valence-electron chi connectivity index (χ2n) is 7.07. The number of hydrogen-bond donors (Lipinski definition) is 0. The zero-order valence-corrected chi connectivity index (χ0v) is 18.7. The number of hydrogen-bond acceptors (Lipinski definition) is 1. The number of unbranched alkanes of at least 4 members (excludes halogenated alkanes) is 3. The quantitative estimate of drug-likeness (QED) is 0.402. The summed E-state index contributed by atoms with van der Waals surface area (Å²) in [6, 6.07) is 12.9. The first-order chi connectivity index (χ1) is 11.8. The van der Waals surface area contributed by atoms with Crippen LogP contribution in [0, 0.1) is 0 Å². The standard InChI is InChI=1S/C9H7N2.3C4H9.Sn/c1-2-5-9(6-3-1)11-8-4-7-10-11;3*1-3-4-2;/h1-6,8H;3*1,3-4H2,2H3;. The van der Waals surface area contributed by atoms with Gasteiger partial charge in [-0.25, -0.2) is 0 Å². The van der Waals surface area contributed by atoms with Gasteiger partial charge in [-0.15, -0.1) is 0 Å². The predicted octanol–water partition coefficient (Wildman–Crippen LogP) is 5.93. The summed E-state index contributed by atoms with van der Waals surface area (Å²) >= 11 is -2.37. The van der Waals surface area contributed by atoms with Crippen molar-refractivity contribution >= 4 is 22.1 Å². The maximum atomic E-state index is 5.12. The van der Waals surface area contributed by atoms with Gasteiger partial charge in [-0.2, -0.15) is 0 Å². The minimum absolute atomic E-state index is 1.19. The van der Waals surface area contributed by atoms with E-state index in [0.29, 0.717) is 0 Å². The van der Waals surface area contributed by atoms with E-state index < -0.39 is 18.4 Å². The Labute approximate surface area is 152 Å². The fourth-order valence-corrected chi connectivity index (χ4v) is 18.9. The molecule has 0 fully saturated rings. The van der Waals surface area contributed by atoms with Crippen molar-refractivity contribution in [3.63, 3.8) is 0 Å². The molecule has 0 atom stereocenters. The molecule has 0 bridgehead atoms. The first-order valence-electron chi connectivity index (χ1n) is 9.87. The third-order valence-corrected chi connectivity index (χ3v) is 20.3. The first-order valence-corrected chi connectivity index (χ1v) is 17.4. The second-order valence-corrected chi connectivity index (χ2v) is 20.1. The molecule has 0 amide bonds. The third-order valence-electron chi connectivity index (χ3n) is 5.18. The Balaban J connectivity index is 2.31. The van der Waals surface area contributed by atoms with Crippen LogP contribution in [0.1, 0.15) is 59.3 Å². The Morgan fingerprint density at radius 2 is 1.33 bits per heavy atom. The van der Waals surface area contributed by atoms with Crippen molar-refractivity contribution in [2.45, 2.75) is 72.6 Å². The van der Waals surface area contributed by atoms with Gasteiger partial charge in [0.1, 0.15) is 0 Å². The predicted molar refractivity (Wildman–Crippen MR) is 108 cm³/mol. The molecule has 0 aliphatic heterocycles. The van der Waals surface area contributed by atoms with Crippen molar-refractivity contribution in [3.05, 3.63) is 42.6 Å². The van der Waals surface area contributed by atoms with E-state index in [1.807, 2.05) is 0 Å². The molecule has 0 N–H and O–H groups in total. The van der Waals surface area contributed by atoms with Gasteiger partial charge in [-0.3, -0.25) is 0 Å². The van der Waals surface area contributed by atoms with E-state index in [2.05, 4.69) is 68.0 Å². The summed E-state index contributed by atoms with van der Waals surface area (Å²) in [6.45, 7) is 7.00. The fourth-order valence-electron chi connectivity index (χ4n) is 3.64. The number of nitrogens with zero attached hydrogens (tertiary/aromatic N) is 2. The molecule has 0 saturated heterocycles. The van der Waals surface area contributed by atoms with Gasteiger partial charge in [0.05, 0.1) is 0 Å². The van der Waals surface area contributed by atoms with Crippen molar-refractivity contribution in [1.82, 2.24) is 9.78 Å². The Morgan fingerprint density at radius 1 is 0.792 bits per heavy atom. The molecule has 2 nitrogen and oxygen atoms in total. The molecule has 0 spiro atoms. The van der Waals surface area contributed by atoms with Crippen molar-refractivity contribution in [2.75, 3.05) is 0 Å². The normalized spacial score (nSPS) is 11.8. The summed E-state index contributed by atoms with van der Waals surface area (Å²) in [5.41, 5.74) is 1.19. The number of benzene rings is 1. The average molecular weight is 433 g/mol. The van der Waals surface area contributed by atoms with Crippen molar-refractivity contribution in [2.24, 2.45) is 0 Å². The van der Waals surface area contributed by atoms with Gasteiger partial charge in [0.15, 0.2) is 0 Å². The molecular formula is C21H34N2Sn. The summed E-state index contributed by atoms with van der Waals surface area (Å²) in [4.78, 5) is 0. The summed E-state index contributed by atoms with van der Waals surface area (Å²) in [7, 11) is 0. The second kappa shape index (κ2) is 10.3. The van der Waals surface area contributed by atoms with Crippen LogP contribution in [0.25, 0.3) is 5.69 Å². The maximum absolute atomic E-state index is 5.12. The van der Waals surface area contributed by atoms with Gasteiger partial charge in [0, 0.05) is 0 Å². The molecule has 2 aromatic rings. The monoisotopic (exact) mass is 434 g/mol. The topological polar surface area (TPSA) is 17.8 Å². The van der Waals surface area contributed by atoms with E-state index in [1.54, 1.807) is 0 Å². The molecule has 0 unspecified atom stereocenters. The number of aromatic nitrogens is 2. The van der Waals surface area contributed by atoms with Crippen LogP contribution in [0.4, 0.5) is 0 Å². The van der Waals surface area contributed by atoms with E-state index in [4.69, 9.17) is 5.10 Å². The molecule has 1 heterocycles. The fraction of sp³-hybridized carbons (Fsp3) is 0.571. The zero-order chi connectivity index (χ0) is 17.3. The molecular weight excluding hydrogens is 399 g/mol. The van der Waals surface area contributed by atoms with Gasteiger partial charge >= 0.3 is 153 Å². The van der Waals surface area contributed by atoms with Crippen LogP contribution in [-0.2, 0) is 0 Å². The Hall–Kier alpha value is -0.771. The van der Waals surface area contributed by atoms with Crippen LogP contribution in [0.15, 0.2) is 42.6 Å². The van der Waals surface area contributed by atoms with Gasteiger partial charge in [0.25, 0.3) is 0 Å². The Kier molecular flexibility index (Phi) is 8.37. The Morgan fingerprint density at radius 3 is 1.83 bits per heavy atom. The number of rotatable bonds is 11. The summed E-state index contributed by atoms with van der Waals surface area (Å²) in [6.07, 6.45) is 10.3. The van der Waals surface area contributed by atoms with Gasteiger partial charge in [-0.1, -0.05) is 0 Å². The van der Waals surface area contributed by atoms with Crippen LogP contribution < -0.4 is 3.71 Å². The molecule has 3 heteroatoms. The van der Waals surface area contributed by atoms with E-state index >= 15 is 0 Å². The molecule has 0 aliphatic rings. The van der Waals surface area contributed by atoms with Gasteiger partial charge < -0.3 is 0 Å². The summed E-state index contributed by atoms with van der Waals surface area (Å²) < 4.78 is 8.07. The molecule has 132 valence electrons. The Bertz CT molecular complexity index is 555.